The van der Waals surface area contributed by atoms with Gasteiger partial charge in [-0.15, -0.1) is 0 Å². The zero-order valence-electron chi connectivity index (χ0n) is 16.3. The van der Waals surface area contributed by atoms with Crippen LogP contribution in [0.1, 0.15) is 35.4 Å². The lowest BCUT2D eigenvalue weighted by molar-refractivity contribution is 0.0952. The van der Waals surface area contributed by atoms with E-state index in [-0.39, 0.29) is 16.8 Å². The van der Waals surface area contributed by atoms with Crippen molar-refractivity contribution < 1.29 is 13.2 Å². The van der Waals surface area contributed by atoms with E-state index in [9.17, 15) is 13.2 Å². The topological polar surface area (TPSA) is 93.1 Å². The first-order valence-electron chi connectivity index (χ1n) is 9.76. The highest BCUT2D eigenvalue weighted by atomic mass is 32.2. The monoisotopic (exact) mass is 412 g/mol. The summed E-state index contributed by atoms with van der Waals surface area (Å²) in [5.74, 6) is 0.741. The Labute approximate surface area is 170 Å². The minimum Gasteiger partial charge on any atom is -0.352 e. The third-order valence-corrected chi connectivity index (χ3v) is 6.55. The lowest BCUT2D eigenvalue weighted by Gasteiger charge is -2.09. The summed E-state index contributed by atoms with van der Waals surface area (Å²) in [6, 6.07) is 14.1. The number of sulfonamides is 1. The van der Waals surface area contributed by atoms with Crippen LogP contribution in [0.15, 0.2) is 53.4 Å². The van der Waals surface area contributed by atoms with E-state index >= 15 is 0 Å². The van der Waals surface area contributed by atoms with Crippen LogP contribution in [0.5, 0.6) is 0 Å². The number of para-hydroxylation sites is 2. The molecule has 1 aliphatic rings. The molecule has 152 valence electrons. The lowest BCUT2D eigenvalue weighted by Crippen LogP contribution is -2.27. The molecule has 0 unspecified atom stereocenters. The molecule has 2 aromatic carbocycles. The van der Waals surface area contributed by atoms with Crippen molar-refractivity contribution in [2.24, 2.45) is 0 Å². The van der Waals surface area contributed by atoms with Crippen LogP contribution >= 0.6 is 0 Å². The Morgan fingerprint density at radius 1 is 1.14 bits per heavy atom. The van der Waals surface area contributed by atoms with Crippen LogP contribution in [-0.2, 0) is 16.6 Å². The van der Waals surface area contributed by atoms with Crippen molar-refractivity contribution in [3.8, 4) is 0 Å². The number of carbonyl (C=O) groups is 1. The molecule has 7 nitrogen and oxygen atoms in total. The summed E-state index contributed by atoms with van der Waals surface area (Å²) in [5.41, 5.74) is 2.51. The summed E-state index contributed by atoms with van der Waals surface area (Å²) in [7, 11) is -3.50. The fraction of sp³-hybridized carbons (Fsp3) is 0.333. The number of nitrogens with zero attached hydrogens (tertiary/aromatic N) is 2. The summed E-state index contributed by atoms with van der Waals surface area (Å²) in [4.78, 5) is 17.1. The molecule has 1 saturated carbocycles. The molecule has 3 aromatic rings. The number of carbonyl (C=O) groups excluding carboxylic acids is 1. The molecule has 29 heavy (non-hydrogen) atoms. The van der Waals surface area contributed by atoms with E-state index in [1.807, 2.05) is 31.2 Å². The SMILES string of the molecule is Cc1nc2ccccc2n1CCCNC(=O)c1ccc(S(=O)(=O)NC2CC2)cc1. The molecular weight excluding hydrogens is 388 g/mol. The van der Waals surface area contributed by atoms with Gasteiger partial charge in [-0.3, -0.25) is 4.79 Å². The summed E-state index contributed by atoms with van der Waals surface area (Å²) in [6.07, 6.45) is 2.53. The number of fused-ring (bicyclic) bond motifs is 1. The maximum Gasteiger partial charge on any atom is 0.251 e. The van der Waals surface area contributed by atoms with Gasteiger partial charge in [0.1, 0.15) is 5.82 Å². The first-order valence-corrected chi connectivity index (χ1v) is 11.2. The standard InChI is InChI=1S/C21H24N4O3S/c1-15-23-19-5-2-3-6-20(19)25(15)14-4-13-22-21(26)16-7-11-18(12-8-16)29(27,28)24-17-9-10-17/h2-3,5-8,11-12,17,24H,4,9-10,13-14H2,1H3,(H,22,26). The fourth-order valence-corrected chi connectivity index (χ4v) is 4.60. The van der Waals surface area contributed by atoms with Crippen molar-refractivity contribution in [2.75, 3.05) is 6.54 Å². The number of aromatic nitrogens is 2. The molecule has 0 bridgehead atoms. The average Bonchev–Trinajstić information content (AvgIpc) is 3.45. The number of amides is 1. The molecule has 0 saturated heterocycles. The van der Waals surface area contributed by atoms with Gasteiger partial charge in [0.15, 0.2) is 0 Å². The van der Waals surface area contributed by atoms with Crippen molar-refractivity contribution >= 4 is 27.0 Å². The number of hydrogen-bond donors (Lipinski definition) is 2. The van der Waals surface area contributed by atoms with Crippen LogP contribution < -0.4 is 10.0 Å². The van der Waals surface area contributed by atoms with Gasteiger partial charge in [0, 0.05) is 24.7 Å². The fourth-order valence-electron chi connectivity index (χ4n) is 3.29. The normalized spacial score (nSPS) is 14.2. The lowest BCUT2D eigenvalue weighted by atomic mass is 10.2. The Bertz CT molecular complexity index is 1130. The Hall–Kier alpha value is -2.71. The van der Waals surface area contributed by atoms with Crippen LogP contribution in [0.25, 0.3) is 11.0 Å². The second-order valence-electron chi connectivity index (χ2n) is 7.33. The van der Waals surface area contributed by atoms with Gasteiger partial charge in [-0.05, 0) is 62.6 Å². The van der Waals surface area contributed by atoms with Gasteiger partial charge in [-0.1, -0.05) is 12.1 Å². The van der Waals surface area contributed by atoms with Gasteiger partial charge >= 0.3 is 0 Å². The van der Waals surface area contributed by atoms with Gasteiger partial charge in [-0.2, -0.15) is 0 Å². The molecule has 1 aromatic heterocycles. The predicted molar refractivity (Wildman–Crippen MR) is 111 cm³/mol. The number of aryl methyl sites for hydroxylation is 2. The Kier molecular flexibility index (Phi) is 5.38. The zero-order chi connectivity index (χ0) is 20.4. The second-order valence-corrected chi connectivity index (χ2v) is 9.04. The summed E-state index contributed by atoms with van der Waals surface area (Å²) >= 11 is 0. The van der Waals surface area contributed by atoms with Crippen molar-refractivity contribution in [1.29, 1.82) is 0 Å². The molecule has 0 aliphatic heterocycles. The van der Waals surface area contributed by atoms with Gasteiger partial charge in [0.25, 0.3) is 5.91 Å². The van der Waals surface area contributed by atoms with Crippen molar-refractivity contribution in [1.82, 2.24) is 19.6 Å². The Morgan fingerprint density at radius 3 is 2.59 bits per heavy atom. The molecule has 1 aliphatic carbocycles. The number of hydrogen-bond acceptors (Lipinski definition) is 4. The van der Waals surface area contributed by atoms with Crippen LogP contribution in [0, 0.1) is 6.92 Å². The van der Waals surface area contributed by atoms with E-state index in [1.54, 1.807) is 12.1 Å². The minimum absolute atomic E-state index is 0.0548. The number of rotatable bonds is 8. The van der Waals surface area contributed by atoms with E-state index in [4.69, 9.17) is 0 Å². The quantitative estimate of drug-likeness (QED) is 0.556. The highest BCUT2D eigenvalue weighted by Crippen LogP contribution is 2.22. The van der Waals surface area contributed by atoms with E-state index in [0.717, 1.165) is 42.7 Å². The smallest absolute Gasteiger partial charge is 0.251 e. The van der Waals surface area contributed by atoms with Crippen molar-refractivity contribution in [3.63, 3.8) is 0 Å². The van der Waals surface area contributed by atoms with Gasteiger partial charge in [0.05, 0.1) is 15.9 Å². The van der Waals surface area contributed by atoms with Crippen LogP contribution in [-0.4, -0.2) is 36.5 Å². The number of benzene rings is 2. The number of nitrogens with one attached hydrogen (secondary N) is 2. The molecule has 1 heterocycles. The van der Waals surface area contributed by atoms with Crippen LogP contribution in [0.3, 0.4) is 0 Å². The van der Waals surface area contributed by atoms with Gasteiger partial charge in [-0.25, -0.2) is 18.1 Å². The molecule has 8 heteroatoms. The molecule has 0 radical (unpaired) electrons. The number of imidazole rings is 1. The Morgan fingerprint density at radius 2 is 1.86 bits per heavy atom. The van der Waals surface area contributed by atoms with E-state index in [1.165, 1.54) is 12.1 Å². The maximum absolute atomic E-state index is 12.3. The first kappa shape index (κ1) is 19.6. The second kappa shape index (κ2) is 7.96. The Balaban J connectivity index is 1.31. The van der Waals surface area contributed by atoms with Crippen LogP contribution in [0.4, 0.5) is 0 Å². The molecule has 0 atom stereocenters. The third-order valence-electron chi connectivity index (χ3n) is 5.02. The molecular formula is C21H24N4O3S. The highest BCUT2D eigenvalue weighted by Gasteiger charge is 2.27. The summed E-state index contributed by atoms with van der Waals surface area (Å²) in [6.45, 7) is 3.26. The zero-order valence-corrected chi connectivity index (χ0v) is 17.1. The van der Waals surface area contributed by atoms with Crippen molar-refractivity contribution in [2.45, 2.75) is 43.7 Å². The van der Waals surface area contributed by atoms with Gasteiger partial charge < -0.3 is 9.88 Å². The molecule has 4 rings (SSSR count). The first-order chi connectivity index (χ1) is 13.9. The molecule has 2 N–H and O–H groups in total. The van der Waals surface area contributed by atoms with E-state index in [0.29, 0.717) is 12.1 Å². The molecule has 1 fully saturated rings. The van der Waals surface area contributed by atoms with E-state index < -0.39 is 10.0 Å². The van der Waals surface area contributed by atoms with Crippen LogP contribution in [0.2, 0.25) is 0 Å². The minimum atomic E-state index is -3.50. The average molecular weight is 413 g/mol. The van der Waals surface area contributed by atoms with Gasteiger partial charge in [0.2, 0.25) is 10.0 Å². The summed E-state index contributed by atoms with van der Waals surface area (Å²) in [5, 5.41) is 2.89. The third kappa shape index (κ3) is 4.49. The molecule has 0 spiro atoms. The summed E-state index contributed by atoms with van der Waals surface area (Å²) < 4.78 is 29.2. The maximum atomic E-state index is 12.3. The highest BCUT2D eigenvalue weighted by molar-refractivity contribution is 7.89. The largest absolute Gasteiger partial charge is 0.352 e. The van der Waals surface area contributed by atoms with Crippen molar-refractivity contribution in [3.05, 3.63) is 59.9 Å². The van der Waals surface area contributed by atoms with E-state index in [2.05, 4.69) is 19.6 Å². The predicted octanol–water partition coefficient (Wildman–Crippen LogP) is 2.61. The molecule has 1 amide bonds.